The number of rotatable bonds is 1. The Kier molecular flexibility index (Phi) is 2.70. The van der Waals surface area contributed by atoms with E-state index in [1.807, 2.05) is 58.0 Å². The van der Waals surface area contributed by atoms with Gasteiger partial charge in [-0.3, -0.25) is 4.98 Å². The van der Waals surface area contributed by atoms with Crippen LogP contribution in [0.4, 0.5) is 0 Å². The van der Waals surface area contributed by atoms with Gasteiger partial charge >= 0.3 is 0 Å². The maximum absolute atomic E-state index is 10.7. The van der Waals surface area contributed by atoms with Crippen LogP contribution in [0.5, 0.6) is 0 Å². The normalized spacial score (nSPS) is 15.8. The van der Waals surface area contributed by atoms with Crippen LogP contribution < -0.4 is 0 Å². The van der Waals surface area contributed by atoms with E-state index >= 15 is 0 Å². The van der Waals surface area contributed by atoms with Crippen LogP contribution in [0, 0.1) is 5.41 Å². The van der Waals surface area contributed by atoms with Crippen molar-refractivity contribution < 1.29 is 5.11 Å². The molecule has 2 aromatic rings. The predicted molar refractivity (Wildman–Crippen MR) is 70.8 cm³/mol. The summed E-state index contributed by atoms with van der Waals surface area (Å²) in [5.41, 5.74) is 0.839. The first-order valence-electron chi connectivity index (χ1n) is 5.90. The Hall–Kier alpha value is -1.41. The number of aromatic nitrogens is 1. The number of fused-ring (bicyclic) bond motifs is 1. The molecule has 0 saturated carbocycles. The Balaban J connectivity index is 2.57. The second kappa shape index (κ2) is 3.81. The van der Waals surface area contributed by atoms with Crippen LogP contribution in [0.3, 0.4) is 0 Å². The fourth-order valence-corrected chi connectivity index (χ4v) is 1.81. The molecule has 2 heteroatoms. The fourth-order valence-electron chi connectivity index (χ4n) is 1.81. The van der Waals surface area contributed by atoms with Gasteiger partial charge in [0, 0.05) is 11.6 Å². The summed E-state index contributed by atoms with van der Waals surface area (Å²) in [6, 6.07) is 9.88. The van der Waals surface area contributed by atoms with Crippen molar-refractivity contribution in [3.63, 3.8) is 0 Å². The number of hydrogen-bond donors (Lipinski definition) is 1. The molecule has 0 fully saturated rings. The highest BCUT2D eigenvalue weighted by Gasteiger charge is 2.36. The van der Waals surface area contributed by atoms with Crippen molar-refractivity contribution in [2.45, 2.75) is 33.3 Å². The van der Waals surface area contributed by atoms with Gasteiger partial charge in [-0.2, -0.15) is 0 Å². The highest BCUT2D eigenvalue weighted by Crippen LogP contribution is 2.39. The van der Waals surface area contributed by atoms with Crippen LogP contribution in [-0.4, -0.2) is 10.1 Å². The molecule has 2 rings (SSSR count). The Morgan fingerprint density at radius 2 is 1.76 bits per heavy atom. The maximum Gasteiger partial charge on any atom is 0.0916 e. The van der Waals surface area contributed by atoms with Gasteiger partial charge in [0.2, 0.25) is 0 Å². The fraction of sp³-hybridized carbons (Fsp3) is 0.400. The summed E-state index contributed by atoms with van der Waals surface area (Å²) in [7, 11) is 0. The monoisotopic (exact) mass is 229 g/mol. The summed E-state index contributed by atoms with van der Waals surface area (Å²) in [6.45, 7) is 7.99. The van der Waals surface area contributed by atoms with E-state index in [2.05, 4.69) is 4.98 Å². The predicted octanol–water partition coefficient (Wildman–Crippen LogP) is 3.49. The molecule has 1 heterocycles. The average Bonchev–Trinajstić information content (AvgIpc) is 2.27. The molecule has 1 N–H and O–H groups in total. The standard InChI is InChI=1S/C15H19NO/c1-14(2,3)15(4,17)12-7-8-13-11(10-12)6-5-9-16-13/h5-10,17H,1-4H3. The molecule has 0 aliphatic rings. The number of nitrogens with zero attached hydrogens (tertiary/aromatic N) is 1. The average molecular weight is 229 g/mol. The maximum atomic E-state index is 10.7. The van der Waals surface area contributed by atoms with Gasteiger partial charge in [0.1, 0.15) is 0 Å². The van der Waals surface area contributed by atoms with E-state index in [1.54, 1.807) is 6.20 Å². The van der Waals surface area contributed by atoms with E-state index in [1.165, 1.54) is 0 Å². The Morgan fingerprint density at radius 3 is 2.41 bits per heavy atom. The van der Waals surface area contributed by atoms with Crippen LogP contribution in [0.1, 0.15) is 33.3 Å². The van der Waals surface area contributed by atoms with Crippen LogP contribution in [0.25, 0.3) is 10.9 Å². The van der Waals surface area contributed by atoms with Crippen LogP contribution in [-0.2, 0) is 5.60 Å². The molecule has 1 aromatic heterocycles. The van der Waals surface area contributed by atoms with Crippen molar-refractivity contribution in [1.29, 1.82) is 0 Å². The van der Waals surface area contributed by atoms with Gasteiger partial charge in [-0.15, -0.1) is 0 Å². The molecule has 1 aromatic carbocycles. The topological polar surface area (TPSA) is 33.1 Å². The molecule has 90 valence electrons. The minimum absolute atomic E-state index is 0.205. The lowest BCUT2D eigenvalue weighted by molar-refractivity contribution is -0.0469. The SMILES string of the molecule is CC(C)(C)C(C)(O)c1ccc2ncccc2c1. The van der Waals surface area contributed by atoms with Gasteiger partial charge < -0.3 is 5.11 Å². The lowest BCUT2D eigenvalue weighted by Gasteiger charge is -2.37. The second-order valence-corrected chi connectivity index (χ2v) is 5.73. The van der Waals surface area contributed by atoms with Crippen molar-refractivity contribution in [2.75, 3.05) is 0 Å². The number of aliphatic hydroxyl groups is 1. The van der Waals surface area contributed by atoms with Crippen molar-refractivity contribution in [3.05, 3.63) is 42.1 Å². The molecule has 1 unspecified atom stereocenters. The molecule has 0 aliphatic heterocycles. The van der Waals surface area contributed by atoms with E-state index in [0.29, 0.717) is 0 Å². The Bertz CT molecular complexity index is 538. The largest absolute Gasteiger partial charge is 0.385 e. The first-order valence-corrected chi connectivity index (χ1v) is 5.90. The molecule has 2 nitrogen and oxygen atoms in total. The molecule has 17 heavy (non-hydrogen) atoms. The van der Waals surface area contributed by atoms with Gasteiger partial charge in [-0.05, 0) is 36.1 Å². The molecule has 0 spiro atoms. The van der Waals surface area contributed by atoms with Gasteiger partial charge in [-0.1, -0.05) is 32.9 Å². The molecule has 0 aliphatic carbocycles. The van der Waals surface area contributed by atoms with Crippen molar-refractivity contribution >= 4 is 10.9 Å². The Labute approximate surface area is 102 Å². The minimum Gasteiger partial charge on any atom is -0.385 e. The van der Waals surface area contributed by atoms with E-state index in [0.717, 1.165) is 16.5 Å². The molecule has 0 radical (unpaired) electrons. The molecule has 0 amide bonds. The smallest absolute Gasteiger partial charge is 0.0916 e. The lowest BCUT2D eigenvalue weighted by atomic mass is 9.73. The van der Waals surface area contributed by atoms with Crippen LogP contribution >= 0.6 is 0 Å². The first kappa shape index (κ1) is 12.1. The number of hydrogen-bond acceptors (Lipinski definition) is 2. The van der Waals surface area contributed by atoms with Gasteiger partial charge in [-0.25, -0.2) is 0 Å². The zero-order valence-corrected chi connectivity index (χ0v) is 10.9. The summed E-state index contributed by atoms with van der Waals surface area (Å²) < 4.78 is 0. The second-order valence-electron chi connectivity index (χ2n) is 5.73. The van der Waals surface area contributed by atoms with Gasteiger partial charge in [0.15, 0.2) is 0 Å². The van der Waals surface area contributed by atoms with Gasteiger partial charge in [0.25, 0.3) is 0 Å². The van der Waals surface area contributed by atoms with E-state index < -0.39 is 5.60 Å². The minimum atomic E-state index is -0.850. The molecule has 0 bridgehead atoms. The zero-order chi connectivity index (χ0) is 12.7. The third kappa shape index (κ3) is 2.05. The molecular formula is C15H19NO. The zero-order valence-electron chi connectivity index (χ0n) is 10.9. The van der Waals surface area contributed by atoms with Crippen LogP contribution in [0.15, 0.2) is 36.5 Å². The summed E-state index contributed by atoms with van der Waals surface area (Å²) in [6.07, 6.45) is 1.78. The Morgan fingerprint density at radius 1 is 1.06 bits per heavy atom. The third-order valence-corrected chi connectivity index (χ3v) is 3.63. The first-order chi connectivity index (χ1) is 7.82. The quantitative estimate of drug-likeness (QED) is 0.812. The van der Waals surface area contributed by atoms with Crippen molar-refractivity contribution in [3.8, 4) is 0 Å². The summed E-state index contributed by atoms with van der Waals surface area (Å²) in [5, 5.41) is 11.7. The molecule has 0 saturated heterocycles. The highest BCUT2D eigenvalue weighted by molar-refractivity contribution is 5.79. The highest BCUT2D eigenvalue weighted by atomic mass is 16.3. The van der Waals surface area contributed by atoms with Gasteiger partial charge in [0.05, 0.1) is 11.1 Å². The van der Waals surface area contributed by atoms with Crippen molar-refractivity contribution in [2.24, 2.45) is 5.41 Å². The summed E-state index contributed by atoms with van der Waals surface area (Å²) >= 11 is 0. The third-order valence-electron chi connectivity index (χ3n) is 3.63. The lowest BCUT2D eigenvalue weighted by Crippen LogP contribution is -2.36. The van der Waals surface area contributed by atoms with Crippen molar-refractivity contribution in [1.82, 2.24) is 4.98 Å². The van der Waals surface area contributed by atoms with Crippen LogP contribution in [0.2, 0.25) is 0 Å². The summed E-state index contributed by atoms with van der Waals surface area (Å²) in [4.78, 5) is 4.28. The number of pyridine rings is 1. The van der Waals surface area contributed by atoms with E-state index in [4.69, 9.17) is 0 Å². The van der Waals surface area contributed by atoms with E-state index in [9.17, 15) is 5.11 Å². The van der Waals surface area contributed by atoms with E-state index in [-0.39, 0.29) is 5.41 Å². The summed E-state index contributed by atoms with van der Waals surface area (Å²) in [5.74, 6) is 0. The molecular weight excluding hydrogens is 210 g/mol. The molecule has 1 atom stereocenters. The number of benzene rings is 1.